The number of rotatable bonds is 5. The lowest BCUT2D eigenvalue weighted by Gasteiger charge is -2.47. The zero-order valence-corrected chi connectivity index (χ0v) is 17.3. The van der Waals surface area contributed by atoms with Crippen molar-refractivity contribution in [2.24, 2.45) is 22.9 Å². The van der Waals surface area contributed by atoms with Crippen molar-refractivity contribution in [3.8, 4) is 0 Å². The molecule has 0 aromatic heterocycles. The van der Waals surface area contributed by atoms with Crippen LogP contribution in [0, 0.1) is 17.8 Å². The molecule has 11 atom stereocenters. The van der Waals surface area contributed by atoms with Crippen molar-refractivity contribution in [3.05, 3.63) is 10.4 Å². The molecule has 0 radical (unpaired) electrons. The zero-order valence-electron chi connectivity index (χ0n) is 17.3. The fraction of sp³-hybridized carbons (Fsp3) is 0.947. The summed E-state index contributed by atoms with van der Waals surface area (Å²) in [5.41, 5.74) is 9.05. The number of hydrogen-bond acceptors (Lipinski definition) is 7. The molecule has 3 fully saturated rings. The van der Waals surface area contributed by atoms with Crippen LogP contribution in [0.15, 0.2) is 5.11 Å². The van der Waals surface area contributed by atoms with E-state index in [1.54, 1.807) is 6.92 Å². The normalized spacial score (nSPS) is 48.6. The van der Waals surface area contributed by atoms with E-state index in [-0.39, 0.29) is 35.7 Å². The second-order valence-corrected chi connectivity index (χ2v) is 8.16. The van der Waals surface area contributed by atoms with E-state index >= 15 is 0 Å². The molecule has 0 spiro atoms. The fourth-order valence-corrected chi connectivity index (χ4v) is 4.50. The van der Waals surface area contributed by atoms with Crippen LogP contribution >= 0.6 is 0 Å². The molecule has 9 nitrogen and oxygen atoms in total. The van der Waals surface area contributed by atoms with Crippen LogP contribution in [0.5, 0.6) is 0 Å². The van der Waals surface area contributed by atoms with Gasteiger partial charge >= 0.3 is 0 Å². The number of carbonyl (C=O) groups excluding carboxylic acids is 1. The van der Waals surface area contributed by atoms with Crippen LogP contribution in [-0.2, 0) is 28.5 Å². The Balaban J connectivity index is 1.85. The highest BCUT2D eigenvalue weighted by Gasteiger charge is 2.53. The van der Waals surface area contributed by atoms with Crippen LogP contribution in [0.3, 0.4) is 0 Å². The Morgan fingerprint density at radius 1 is 1.07 bits per heavy atom. The van der Waals surface area contributed by atoms with E-state index in [1.165, 1.54) is 6.92 Å². The van der Waals surface area contributed by atoms with Crippen molar-refractivity contribution in [2.75, 3.05) is 0 Å². The summed E-state index contributed by atoms with van der Waals surface area (Å²) in [6.07, 6.45) is -2.67. The first-order chi connectivity index (χ1) is 13.3. The topological polar surface area (TPSA) is 112 Å². The Morgan fingerprint density at radius 2 is 1.79 bits per heavy atom. The van der Waals surface area contributed by atoms with Gasteiger partial charge in [0.25, 0.3) is 0 Å². The van der Waals surface area contributed by atoms with Crippen LogP contribution in [0.2, 0.25) is 0 Å². The quantitative estimate of drug-likeness (QED) is 0.400. The third kappa shape index (κ3) is 3.92. The third-order valence-electron chi connectivity index (χ3n) is 6.38. The Bertz CT molecular complexity index is 627. The Labute approximate surface area is 165 Å². The van der Waals surface area contributed by atoms with Crippen molar-refractivity contribution in [1.82, 2.24) is 0 Å². The van der Waals surface area contributed by atoms with E-state index < -0.39 is 37.1 Å². The van der Waals surface area contributed by atoms with Gasteiger partial charge in [0.2, 0.25) is 0 Å². The molecule has 3 rings (SSSR count). The fourth-order valence-electron chi connectivity index (χ4n) is 4.50. The van der Waals surface area contributed by atoms with Gasteiger partial charge in [-0.25, -0.2) is 0 Å². The average molecular weight is 397 g/mol. The molecule has 3 saturated heterocycles. The number of Topliss-reactive ketones (excluding diaryl/α,β-unsaturated/α-hetero) is 1. The van der Waals surface area contributed by atoms with Gasteiger partial charge in [-0.3, -0.25) is 4.79 Å². The highest BCUT2D eigenvalue weighted by molar-refractivity contribution is 5.81. The summed E-state index contributed by atoms with van der Waals surface area (Å²) in [6.45, 7) is 11.4. The molecule has 0 aromatic rings. The molecule has 3 aliphatic rings. The number of azide groups is 1. The minimum Gasteiger partial charge on any atom is -0.349 e. The minimum absolute atomic E-state index is 0.0143. The summed E-state index contributed by atoms with van der Waals surface area (Å²) in [4.78, 5) is 15.3. The molecule has 0 bridgehead atoms. The van der Waals surface area contributed by atoms with Crippen molar-refractivity contribution in [3.63, 3.8) is 0 Å². The van der Waals surface area contributed by atoms with Gasteiger partial charge in [-0.05, 0) is 37.6 Å². The summed E-state index contributed by atoms with van der Waals surface area (Å²) in [6, 6.07) is -0.486. The van der Waals surface area contributed by atoms with Crippen LogP contribution < -0.4 is 0 Å². The lowest BCUT2D eigenvalue weighted by Crippen LogP contribution is -2.59. The number of nitrogens with zero attached hydrogens (tertiary/aromatic N) is 3. The van der Waals surface area contributed by atoms with Crippen molar-refractivity contribution < 1.29 is 28.5 Å². The molecule has 3 heterocycles. The van der Waals surface area contributed by atoms with E-state index in [9.17, 15) is 4.79 Å². The largest absolute Gasteiger partial charge is 0.349 e. The molecular weight excluding hydrogens is 366 g/mol. The molecule has 3 unspecified atom stereocenters. The lowest BCUT2D eigenvalue weighted by molar-refractivity contribution is -0.297. The molecule has 28 heavy (non-hydrogen) atoms. The van der Waals surface area contributed by atoms with Gasteiger partial charge in [-0.1, -0.05) is 32.8 Å². The maximum absolute atomic E-state index is 12.3. The molecule has 0 saturated carbocycles. The minimum atomic E-state index is -0.796. The summed E-state index contributed by atoms with van der Waals surface area (Å²) in [5.74, 6) is -0.0134. The first kappa shape index (κ1) is 21.5. The smallest absolute Gasteiger partial charge is 0.188 e. The van der Waals surface area contributed by atoms with E-state index in [1.807, 2.05) is 13.8 Å². The predicted molar refractivity (Wildman–Crippen MR) is 99.0 cm³/mol. The maximum atomic E-state index is 12.3. The van der Waals surface area contributed by atoms with Crippen LogP contribution in [0.1, 0.15) is 48.0 Å². The van der Waals surface area contributed by atoms with Crippen LogP contribution in [-0.4, -0.2) is 55.1 Å². The van der Waals surface area contributed by atoms with E-state index in [0.29, 0.717) is 0 Å². The second-order valence-electron chi connectivity index (χ2n) is 8.16. The summed E-state index contributed by atoms with van der Waals surface area (Å²) in [7, 11) is 0. The standard InChI is InChI=1S/C19H31N3O6/c1-7-13-8(2)9(3)14(21-22-20)18(26-13)27-15-10(4)16-19(25-12(6)24-16)28-17(15)11(5)23/h8-10,12-19H,7H2,1-6H3/t8-,9+,10+,12?,13+,14?,15-,16?,17+,18+,19+/m1/s1. The number of hydrogen-bond donors (Lipinski definition) is 0. The molecule has 158 valence electrons. The van der Waals surface area contributed by atoms with Gasteiger partial charge in [0.15, 0.2) is 24.7 Å². The SMILES string of the molecule is CC[C@@H]1O[C@@H](O[C@@H]2[C@H](C)C3OC(C)O[C@H]3O[C@H]2C(C)=O)C(N=[N+]=[N-])[C@@H](C)[C@H]1C. The number of ether oxygens (including phenoxy) is 5. The highest BCUT2D eigenvalue weighted by Crippen LogP contribution is 2.40. The Kier molecular flexibility index (Phi) is 6.64. The average Bonchev–Trinajstić information content (AvgIpc) is 3.03. The monoisotopic (exact) mass is 397 g/mol. The summed E-state index contributed by atoms with van der Waals surface area (Å²) >= 11 is 0. The van der Waals surface area contributed by atoms with Crippen LogP contribution in [0.25, 0.3) is 10.4 Å². The summed E-state index contributed by atoms with van der Waals surface area (Å²) in [5, 5.41) is 3.95. The van der Waals surface area contributed by atoms with Crippen molar-refractivity contribution in [1.29, 1.82) is 0 Å². The second kappa shape index (κ2) is 8.65. The Hall–Kier alpha value is -1.22. The molecule has 0 amide bonds. The number of carbonyl (C=O) groups is 1. The molecule has 0 aromatic carbocycles. The van der Waals surface area contributed by atoms with E-state index in [4.69, 9.17) is 29.2 Å². The Morgan fingerprint density at radius 3 is 2.39 bits per heavy atom. The maximum Gasteiger partial charge on any atom is 0.188 e. The first-order valence-electron chi connectivity index (χ1n) is 10.1. The van der Waals surface area contributed by atoms with Gasteiger partial charge < -0.3 is 23.7 Å². The summed E-state index contributed by atoms with van der Waals surface area (Å²) < 4.78 is 29.8. The van der Waals surface area contributed by atoms with Crippen molar-refractivity contribution in [2.45, 2.75) is 97.3 Å². The van der Waals surface area contributed by atoms with E-state index in [0.717, 1.165) is 6.42 Å². The van der Waals surface area contributed by atoms with Gasteiger partial charge in [0.05, 0.1) is 18.2 Å². The van der Waals surface area contributed by atoms with Gasteiger partial charge in [0.1, 0.15) is 12.2 Å². The van der Waals surface area contributed by atoms with E-state index in [2.05, 4.69) is 23.9 Å². The van der Waals surface area contributed by atoms with Crippen molar-refractivity contribution >= 4 is 5.78 Å². The van der Waals surface area contributed by atoms with Gasteiger partial charge in [0, 0.05) is 10.8 Å². The third-order valence-corrected chi connectivity index (χ3v) is 6.38. The molecule has 0 N–H and O–H groups in total. The lowest BCUT2D eigenvalue weighted by atomic mass is 9.81. The number of ketones is 1. The number of fused-ring (bicyclic) bond motifs is 1. The highest BCUT2D eigenvalue weighted by atomic mass is 16.8. The van der Waals surface area contributed by atoms with Crippen LogP contribution in [0.4, 0.5) is 0 Å². The first-order valence-corrected chi connectivity index (χ1v) is 10.1. The van der Waals surface area contributed by atoms with Gasteiger partial charge in [-0.2, -0.15) is 0 Å². The molecule has 0 aliphatic carbocycles. The molecular formula is C19H31N3O6. The molecule has 9 heteroatoms. The molecule has 3 aliphatic heterocycles. The van der Waals surface area contributed by atoms with Gasteiger partial charge in [-0.15, -0.1) is 0 Å². The zero-order chi connectivity index (χ0) is 20.6. The predicted octanol–water partition coefficient (Wildman–Crippen LogP) is 3.17.